The van der Waals surface area contributed by atoms with Crippen LogP contribution in [-0.4, -0.2) is 17.8 Å². The van der Waals surface area contributed by atoms with Crippen LogP contribution in [0.25, 0.3) is 0 Å². The van der Waals surface area contributed by atoms with Crippen molar-refractivity contribution < 1.29 is 5.11 Å². The summed E-state index contributed by atoms with van der Waals surface area (Å²) in [4.78, 5) is 0. The molecule has 2 heteroatoms. The smallest absolute Gasteiger partial charge is 0.0662 e. The monoisotopic (exact) mass is 193 g/mol. The lowest BCUT2D eigenvalue weighted by Gasteiger charge is -2.16. The molecule has 0 spiro atoms. The second kappa shape index (κ2) is 5.78. The molecule has 14 heavy (non-hydrogen) atoms. The molecular weight excluding hydrogens is 174 g/mol. The second-order valence-electron chi connectivity index (χ2n) is 3.60. The van der Waals surface area contributed by atoms with Gasteiger partial charge >= 0.3 is 0 Å². The Kier molecular flexibility index (Phi) is 4.63. The molecule has 0 saturated carbocycles. The summed E-state index contributed by atoms with van der Waals surface area (Å²) in [7, 11) is 0. The molecule has 0 fully saturated rings. The van der Waals surface area contributed by atoms with E-state index in [1.165, 1.54) is 5.56 Å². The van der Waals surface area contributed by atoms with Crippen LogP contribution in [-0.2, 0) is 0 Å². The van der Waals surface area contributed by atoms with Crippen LogP contribution in [0, 0.1) is 0 Å². The maximum atomic E-state index is 9.39. The van der Waals surface area contributed by atoms with Gasteiger partial charge in [0, 0.05) is 12.6 Å². The highest BCUT2D eigenvalue weighted by Crippen LogP contribution is 2.10. The van der Waals surface area contributed by atoms with Crippen molar-refractivity contribution >= 4 is 0 Å². The standard InChI is InChI=1S/C12H19NO/c1-3-12(14)9-13-10(2)11-7-5-4-6-8-11/h4-8,10,12-14H,3,9H2,1-2H3. The van der Waals surface area contributed by atoms with Crippen LogP contribution in [0.3, 0.4) is 0 Å². The first-order chi connectivity index (χ1) is 6.74. The average Bonchev–Trinajstić information content (AvgIpc) is 2.26. The van der Waals surface area contributed by atoms with E-state index in [1.54, 1.807) is 0 Å². The van der Waals surface area contributed by atoms with Crippen LogP contribution >= 0.6 is 0 Å². The van der Waals surface area contributed by atoms with Gasteiger partial charge in [-0.2, -0.15) is 0 Å². The van der Waals surface area contributed by atoms with Gasteiger partial charge in [0.25, 0.3) is 0 Å². The van der Waals surface area contributed by atoms with Crippen LogP contribution < -0.4 is 5.32 Å². The van der Waals surface area contributed by atoms with Crippen LogP contribution in [0.15, 0.2) is 30.3 Å². The molecule has 78 valence electrons. The van der Waals surface area contributed by atoms with Crippen molar-refractivity contribution in [3.8, 4) is 0 Å². The second-order valence-corrected chi connectivity index (χ2v) is 3.60. The van der Waals surface area contributed by atoms with E-state index in [1.807, 2.05) is 25.1 Å². The average molecular weight is 193 g/mol. The van der Waals surface area contributed by atoms with E-state index >= 15 is 0 Å². The Morgan fingerprint density at radius 1 is 1.29 bits per heavy atom. The topological polar surface area (TPSA) is 32.3 Å². The summed E-state index contributed by atoms with van der Waals surface area (Å²) in [6, 6.07) is 10.6. The van der Waals surface area contributed by atoms with Gasteiger partial charge in [-0.1, -0.05) is 37.3 Å². The number of aliphatic hydroxyl groups is 1. The molecule has 1 aromatic carbocycles. The van der Waals surface area contributed by atoms with Crippen LogP contribution in [0.4, 0.5) is 0 Å². The Bertz CT molecular complexity index is 248. The van der Waals surface area contributed by atoms with E-state index in [-0.39, 0.29) is 6.10 Å². The Morgan fingerprint density at radius 2 is 1.93 bits per heavy atom. The third-order valence-corrected chi connectivity index (χ3v) is 2.43. The van der Waals surface area contributed by atoms with Crippen molar-refractivity contribution in [2.45, 2.75) is 32.4 Å². The lowest BCUT2D eigenvalue weighted by molar-refractivity contribution is 0.164. The highest BCUT2D eigenvalue weighted by Gasteiger charge is 2.06. The molecule has 0 radical (unpaired) electrons. The molecule has 0 heterocycles. The number of nitrogens with one attached hydrogen (secondary N) is 1. The summed E-state index contributed by atoms with van der Waals surface area (Å²) < 4.78 is 0. The van der Waals surface area contributed by atoms with Crippen molar-refractivity contribution in [2.75, 3.05) is 6.54 Å². The minimum atomic E-state index is -0.235. The number of hydrogen-bond acceptors (Lipinski definition) is 2. The van der Waals surface area contributed by atoms with Crippen molar-refractivity contribution in [1.82, 2.24) is 5.32 Å². The van der Waals surface area contributed by atoms with Gasteiger partial charge < -0.3 is 10.4 Å². The summed E-state index contributed by atoms with van der Waals surface area (Å²) in [5.74, 6) is 0. The molecule has 2 unspecified atom stereocenters. The minimum absolute atomic E-state index is 0.235. The van der Waals surface area contributed by atoms with Crippen LogP contribution in [0.2, 0.25) is 0 Å². The van der Waals surface area contributed by atoms with Crippen molar-refractivity contribution in [3.63, 3.8) is 0 Å². The first-order valence-corrected chi connectivity index (χ1v) is 5.20. The molecule has 2 atom stereocenters. The molecule has 0 aliphatic heterocycles. The molecule has 2 nitrogen and oxygen atoms in total. The fraction of sp³-hybridized carbons (Fsp3) is 0.500. The zero-order valence-corrected chi connectivity index (χ0v) is 8.90. The minimum Gasteiger partial charge on any atom is -0.392 e. The predicted molar refractivity (Wildman–Crippen MR) is 59.2 cm³/mol. The molecular formula is C12H19NO. The summed E-state index contributed by atoms with van der Waals surface area (Å²) in [5, 5.41) is 12.7. The third kappa shape index (κ3) is 3.48. The molecule has 0 aliphatic rings. The molecule has 0 saturated heterocycles. The van der Waals surface area contributed by atoms with E-state index in [9.17, 15) is 5.11 Å². The number of hydrogen-bond donors (Lipinski definition) is 2. The lowest BCUT2D eigenvalue weighted by Crippen LogP contribution is -2.28. The maximum absolute atomic E-state index is 9.39. The number of benzene rings is 1. The normalized spacial score (nSPS) is 15.1. The molecule has 2 N–H and O–H groups in total. The van der Waals surface area contributed by atoms with Crippen LogP contribution in [0.5, 0.6) is 0 Å². The third-order valence-electron chi connectivity index (χ3n) is 2.43. The SMILES string of the molecule is CCC(O)CNC(C)c1ccccc1. The van der Waals surface area contributed by atoms with Gasteiger partial charge in [-0.15, -0.1) is 0 Å². The van der Waals surface area contributed by atoms with E-state index in [4.69, 9.17) is 0 Å². The van der Waals surface area contributed by atoms with Crippen molar-refractivity contribution in [1.29, 1.82) is 0 Å². The molecule has 0 aliphatic carbocycles. The van der Waals surface area contributed by atoms with Gasteiger partial charge in [-0.05, 0) is 18.9 Å². The molecule has 0 aromatic heterocycles. The Labute approximate surface area is 86.0 Å². The Balaban J connectivity index is 2.39. The Morgan fingerprint density at radius 3 is 2.50 bits per heavy atom. The summed E-state index contributed by atoms with van der Waals surface area (Å²) in [6.45, 7) is 4.75. The van der Waals surface area contributed by atoms with Crippen LogP contribution in [0.1, 0.15) is 31.9 Å². The zero-order chi connectivity index (χ0) is 10.4. The first kappa shape index (κ1) is 11.2. The van der Waals surface area contributed by atoms with E-state index in [2.05, 4.69) is 24.4 Å². The van der Waals surface area contributed by atoms with Gasteiger partial charge in [-0.25, -0.2) is 0 Å². The highest BCUT2D eigenvalue weighted by atomic mass is 16.3. The zero-order valence-electron chi connectivity index (χ0n) is 8.90. The quantitative estimate of drug-likeness (QED) is 0.750. The maximum Gasteiger partial charge on any atom is 0.0662 e. The largest absolute Gasteiger partial charge is 0.392 e. The summed E-state index contributed by atoms with van der Waals surface area (Å²) in [5.41, 5.74) is 1.26. The molecule has 1 aromatic rings. The molecule has 1 rings (SSSR count). The van der Waals surface area contributed by atoms with Gasteiger partial charge in [-0.3, -0.25) is 0 Å². The number of rotatable bonds is 5. The fourth-order valence-corrected chi connectivity index (χ4v) is 1.32. The van der Waals surface area contributed by atoms with Crippen molar-refractivity contribution in [3.05, 3.63) is 35.9 Å². The lowest BCUT2D eigenvalue weighted by atomic mass is 10.1. The summed E-state index contributed by atoms with van der Waals surface area (Å²) >= 11 is 0. The highest BCUT2D eigenvalue weighted by molar-refractivity contribution is 5.17. The molecule has 0 bridgehead atoms. The van der Waals surface area contributed by atoms with Gasteiger partial charge in [0.1, 0.15) is 0 Å². The van der Waals surface area contributed by atoms with Gasteiger partial charge in [0.2, 0.25) is 0 Å². The van der Waals surface area contributed by atoms with Crippen molar-refractivity contribution in [2.24, 2.45) is 0 Å². The Hall–Kier alpha value is -0.860. The van der Waals surface area contributed by atoms with Gasteiger partial charge in [0.05, 0.1) is 6.10 Å². The number of aliphatic hydroxyl groups excluding tert-OH is 1. The van der Waals surface area contributed by atoms with E-state index in [0.29, 0.717) is 12.6 Å². The first-order valence-electron chi connectivity index (χ1n) is 5.20. The summed E-state index contributed by atoms with van der Waals surface area (Å²) in [6.07, 6.45) is 0.565. The van der Waals surface area contributed by atoms with Gasteiger partial charge in [0.15, 0.2) is 0 Å². The fourth-order valence-electron chi connectivity index (χ4n) is 1.32. The predicted octanol–water partition coefficient (Wildman–Crippen LogP) is 2.11. The van der Waals surface area contributed by atoms with E-state index in [0.717, 1.165) is 6.42 Å². The molecule has 0 amide bonds. The van der Waals surface area contributed by atoms with E-state index < -0.39 is 0 Å².